The predicted molar refractivity (Wildman–Crippen MR) is 120 cm³/mol. The van der Waals surface area contributed by atoms with Crippen LogP contribution in [0.2, 0.25) is 0 Å². The third-order valence-corrected chi connectivity index (χ3v) is 6.14. The number of piperidine rings is 1. The van der Waals surface area contributed by atoms with E-state index in [1.807, 2.05) is 12.1 Å². The van der Waals surface area contributed by atoms with Crippen molar-refractivity contribution in [3.05, 3.63) is 53.2 Å². The Morgan fingerprint density at radius 2 is 1.93 bits per heavy atom. The highest BCUT2D eigenvalue weighted by Crippen LogP contribution is 2.28. The molecule has 1 amide bonds. The molecule has 2 heterocycles. The van der Waals surface area contributed by atoms with E-state index in [4.69, 9.17) is 11.5 Å². The predicted octanol–water partition coefficient (Wildman–Crippen LogP) is 2.59. The third-order valence-electron chi connectivity index (χ3n) is 6.14. The van der Waals surface area contributed by atoms with Gasteiger partial charge in [0.2, 0.25) is 5.91 Å². The Morgan fingerprint density at radius 3 is 2.73 bits per heavy atom. The van der Waals surface area contributed by atoms with Crippen molar-refractivity contribution < 1.29 is 4.79 Å². The number of rotatable bonds is 5. The summed E-state index contributed by atoms with van der Waals surface area (Å²) in [6, 6.07) is 10.3. The van der Waals surface area contributed by atoms with E-state index in [1.54, 1.807) is 6.20 Å². The maximum absolute atomic E-state index is 11.4. The molecule has 0 unspecified atom stereocenters. The van der Waals surface area contributed by atoms with E-state index in [9.17, 15) is 4.79 Å². The van der Waals surface area contributed by atoms with Crippen LogP contribution in [0.5, 0.6) is 0 Å². The van der Waals surface area contributed by atoms with Crippen LogP contribution in [0.25, 0.3) is 0 Å². The fourth-order valence-electron chi connectivity index (χ4n) is 4.46. The number of primary amides is 1. The van der Waals surface area contributed by atoms with Crippen molar-refractivity contribution in [3.63, 3.8) is 0 Å². The number of nitrogens with two attached hydrogens (primary N) is 2. The molecular formula is C23H30N6O. The lowest BCUT2D eigenvalue weighted by atomic mass is 9.90. The molecule has 1 fully saturated rings. The first-order valence-electron chi connectivity index (χ1n) is 10.8. The molecule has 7 heteroatoms. The van der Waals surface area contributed by atoms with E-state index in [0.29, 0.717) is 12.5 Å². The molecule has 7 nitrogen and oxygen atoms in total. The van der Waals surface area contributed by atoms with Gasteiger partial charge in [0.15, 0.2) is 5.96 Å². The zero-order valence-electron chi connectivity index (χ0n) is 17.3. The van der Waals surface area contributed by atoms with E-state index in [2.05, 4.69) is 38.4 Å². The van der Waals surface area contributed by atoms with Crippen LogP contribution in [0, 0.1) is 5.92 Å². The van der Waals surface area contributed by atoms with Crippen LogP contribution in [0.4, 0.5) is 11.5 Å². The van der Waals surface area contributed by atoms with Crippen molar-refractivity contribution in [1.29, 1.82) is 0 Å². The van der Waals surface area contributed by atoms with E-state index in [1.165, 1.54) is 24.0 Å². The number of benzene rings is 1. The van der Waals surface area contributed by atoms with Gasteiger partial charge in [0.1, 0.15) is 5.82 Å². The van der Waals surface area contributed by atoms with Crippen molar-refractivity contribution in [2.24, 2.45) is 22.4 Å². The molecule has 0 bridgehead atoms. The van der Waals surface area contributed by atoms with Gasteiger partial charge in [-0.15, -0.1) is 0 Å². The van der Waals surface area contributed by atoms with E-state index >= 15 is 0 Å². The molecule has 0 radical (unpaired) electrons. The number of nitrogens with one attached hydrogen (secondary N) is 1. The van der Waals surface area contributed by atoms with Crippen molar-refractivity contribution >= 4 is 23.4 Å². The lowest BCUT2D eigenvalue weighted by Gasteiger charge is -2.32. The molecule has 1 saturated heterocycles. The topological polar surface area (TPSA) is 110 Å². The normalized spacial score (nSPS) is 17.5. The van der Waals surface area contributed by atoms with Crippen molar-refractivity contribution in [2.45, 2.75) is 45.1 Å². The van der Waals surface area contributed by atoms with Gasteiger partial charge in [-0.25, -0.2) is 9.98 Å². The van der Waals surface area contributed by atoms with E-state index in [-0.39, 0.29) is 11.8 Å². The zero-order valence-corrected chi connectivity index (χ0v) is 17.3. The van der Waals surface area contributed by atoms with Gasteiger partial charge < -0.3 is 21.7 Å². The molecule has 2 aliphatic rings. The minimum absolute atomic E-state index is 0.0388. The van der Waals surface area contributed by atoms with Crippen LogP contribution in [-0.4, -0.2) is 29.9 Å². The Labute approximate surface area is 177 Å². The van der Waals surface area contributed by atoms with Crippen LogP contribution >= 0.6 is 0 Å². The number of fused-ring (bicyclic) bond motifs is 1. The first kappa shape index (κ1) is 20.2. The molecule has 1 aliphatic heterocycles. The molecule has 4 rings (SSSR count). The highest BCUT2D eigenvalue weighted by Gasteiger charge is 2.25. The molecule has 5 N–H and O–H groups in total. The zero-order chi connectivity index (χ0) is 20.9. The number of aromatic nitrogens is 1. The van der Waals surface area contributed by atoms with Gasteiger partial charge in [0, 0.05) is 36.5 Å². The SMILES string of the molecule is NC(=O)C1CCN(c2ncccc2CN=C(N)Nc2cccc3c2CCCC3)CC1. The standard InChI is InChI=1S/C23H30N6O/c24-21(30)17-10-13-29(14-11-17)22-18(7-4-12-26-22)15-27-23(25)28-20-9-3-6-16-5-1-2-8-19(16)20/h3-4,6-7,9,12,17H,1-2,5,8,10-11,13-15H2,(H2,24,30)(H3,25,27,28). The van der Waals surface area contributed by atoms with Crippen molar-refractivity contribution in [3.8, 4) is 0 Å². The summed E-state index contributed by atoms with van der Waals surface area (Å²) in [5, 5.41) is 3.30. The molecule has 0 atom stereocenters. The summed E-state index contributed by atoms with van der Waals surface area (Å²) in [5.41, 5.74) is 16.5. The van der Waals surface area contributed by atoms with Crippen LogP contribution in [0.3, 0.4) is 0 Å². The summed E-state index contributed by atoms with van der Waals surface area (Å²) in [4.78, 5) is 22.8. The number of carbonyl (C=O) groups excluding carboxylic acids is 1. The molecule has 158 valence electrons. The lowest BCUT2D eigenvalue weighted by molar-refractivity contribution is -0.122. The Morgan fingerprint density at radius 1 is 1.13 bits per heavy atom. The highest BCUT2D eigenvalue weighted by atomic mass is 16.1. The highest BCUT2D eigenvalue weighted by molar-refractivity contribution is 5.93. The van der Waals surface area contributed by atoms with Crippen LogP contribution in [-0.2, 0) is 24.2 Å². The quantitative estimate of drug-likeness (QED) is 0.522. The minimum Gasteiger partial charge on any atom is -0.370 e. The molecule has 1 aromatic heterocycles. The average Bonchev–Trinajstić information content (AvgIpc) is 2.78. The van der Waals surface area contributed by atoms with Crippen molar-refractivity contribution in [1.82, 2.24) is 4.98 Å². The molecule has 30 heavy (non-hydrogen) atoms. The average molecular weight is 407 g/mol. The van der Waals surface area contributed by atoms with Crippen LogP contribution in [0.1, 0.15) is 42.4 Å². The van der Waals surface area contributed by atoms with Crippen LogP contribution in [0.15, 0.2) is 41.5 Å². The smallest absolute Gasteiger partial charge is 0.220 e. The molecule has 2 aromatic rings. The Hall–Kier alpha value is -3.09. The second kappa shape index (κ2) is 9.15. The number of aryl methyl sites for hydroxylation is 1. The summed E-state index contributed by atoms with van der Waals surface area (Å²) >= 11 is 0. The maximum Gasteiger partial charge on any atom is 0.220 e. The summed E-state index contributed by atoms with van der Waals surface area (Å²) in [6.07, 6.45) is 8.00. The van der Waals surface area contributed by atoms with Gasteiger partial charge in [0.25, 0.3) is 0 Å². The molecule has 0 saturated carbocycles. The van der Waals surface area contributed by atoms with E-state index < -0.39 is 0 Å². The number of nitrogens with zero attached hydrogens (tertiary/aromatic N) is 3. The minimum atomic E-state index is -0.206. The molecular weight excluding hydrogens is 376 g/mol. The third kappa shape index (κ3) is 4.56. The van der Waals surface area contributed by atoms with Gasteiger partial charge in [0.05, 0.1) is 6.54 Å². The summed E-state index contributed by atoms with van der Waals surface area (Å²) < 4.78 is 0. The summed E-state index contributed by atoms with van der Waals surface area (Å²) in [7, 11) is 0. The first-order chi connectivity index (χ1) is 14.6. The molecule has 1 aliphatic carbocycles. The van der Waals surface area contributed by atoms with Gasteiger partial charge in [-0.2, -0.15) is 0 Å². The number of guanidine groups is 1. The summed E-state index contributed by atoms with van der Waals surface area (Å²) in [5.74, 6) is 1.08. The number of carbonyl (C=O) groups is 1. The number of aliphatic imine (C=N–C) groups is 1. The Bertz CT molecular complexity index is 933. The van der Waals surface area contributed by atoms with Gasteiger partial charge in [-0.1, -0.05) is 18.2 Å². The van der Waals surface area contributed by atoms with Gasteiger partial charge >= 0.3 is 0 Å². The fraction of sp³-hybridized carbons (Fsp3) is 0.435. The van der Waals surface area contributed by atoms with Gasteiger partial charge in [-0.05, 0) is 61.8 Å². The maximum atomic E-state index is 11.4. The number of hydrogen-bond donors (Lipinski definition) is 3. The van der Waals surface area contributed by atoms with Crippen LogP contribution < -0.4 is 21.7 Å². The van der Waals surface area contributed by atoms with Crippen molar-refractivity contribution in [2.75, 3.05) is 23.3 Å². The Balaban J connectivity index is 1.44. The number of amides is 1. The largest absolute Gasteiger partial charge is 0.370 e. The number of anilines is 2. The fourth-order valence-corrected chi connectivity index (χ4v) is 4.46. The van der Waals surface area contributed by atoms with E-state index in [0.717, 1.165) is 55.8 Å². The molecule has 1 aromatic carbocycles. The first-order valence-corrected chi connectivity index (χ1v) is 10.8. The second-order valence-corrected chi connectivity index (χ2v) is 8.13. The summed E-state index contributed by atoms with van der Waals surface area (Å²) in [6.45, 7) is 1.99. The number of pyridine rings is 1. The van der Waals surface area contributed by atoms with Gasteiger partial charge in [-0.3, -0.25) is 4.79 Å². The molecule has 0 spiro atoms. The second-order valence-electron chi connectivity index (χ2n) is 8.13. The lowest BCUT2D eigenvalue weighted by Crippen LogP contribution is -2.39. The Kier molecular flexibility index (Phi) is 6.16. The number of hydrogen-bond acceptors (Lipinski definition) is 4. The monoisotopic (exact) mass is 406 g/mol.